The van der Waals surface area contributed by atoms with E-state index in [1.54, 1.807) is 0 Å². The lowest BCUT2D eigenvalue weighted by Gasteiger charge is -2.29. The summed E-state index contributed by atoms with van der Waals surface area (Å²) in [4.78, 5) is 0. The van der Waals surface area contributed by atoms with Crippen LogP contribution in [0.3, 0.4) is 0 Å². The van der Waals surface area contributed by atoms with Crippen LogP contribution in [0.4, 0.5) is 0 Å². The Balaban J connectivity index is 1.92. The van der Waals surface area contributed by atoms with Crippen LogP contribution in [0.1, 0.15) is 51.9 Å². The average Bonchev–Trinajstić information content (AvgIpc) is 2.55. The number of nitrogens with two attached hydrogens (primary N) is 1. The molecule has 2 rings (SSSR count). The van der Waals surface area contributed by atoms with Gasteiger partial charge < -0.3 is 4.74 Å². The molecule has 0 aromatic carbocycles. The summed E-state index contributed by atoms with van der Waals surface area (Å²) in [7, 11) is 0. The molecule has 0 bridgehead atoms. The highest BCUT2D eigenvalue weighted by Gasteiger charge is 2.33. The van der Waals surface area contributed by atoms with Gasteiger partial charge in [-0.2, -0.15) is 0 Å². The van der Waals surface area contributed by atoms with Crippen molar-refractivity contribution < 1.29 is 4.74 Å². The van der Waals surface area contributed by atoms with Gasteiger partial charge in [-0.15, -0.1) is 0 Å². The first-order valence-electron chi connectivity index (χ1n) is 6.89. The lowest BCUT2D eigenvalue weighted by molar-refractivity contribution is 0.112. The van der Waals surface area contributed by atoms with Crippen molar-refractivity contribution in [2.24, 2.45) is 17.7 Å². The van der Waals surface area contributed by atoms with Crippen LogP contribution < -0.4 is 11.3 Å². The van der Waals surface area contributed by atoms with Gasteiger partial charge in [0.2, 0.25) is 0 Å². The summed E-state index contributed by atoms with van der Waals surface area (Å²) in [6.45, 7) is 3.06. The second-order valence-electron chi connectivity index (χ2n) is 5.58. The molecule has 3 nitrogen and oxygen atoms in total. The summed E-state index contributed by atoms with van der Waals surface area (Å²) in [5.41, 5.74) is 3.08. The number of hydrogen-bond acceptors (Lipinski definition) is 3. The predicted octanol–water partition coefficient (Wildman–Crippen LogP) is 2.21. The molecule has 1 saturated carbocycles. The topological polar surface area (TPSA) is 47.3 Å². The zero-order chi connectivity index (χ0) is 11.4. The highest BCUT2D eigenvalue weighted by Crippen LogP contribution is 2.32. The monoisotopic (exact) mass is 226 g/mol. The third-order valence-electron chi connectivity index (χ3n) is 4.34. The first-order chi connectivity index (χ1) is 7.81. The number of hydrazine groups is 1. The van der Waals surface area contributed by atoms with Crippen molar-refractivity contribution in [3.63, 3.8) is 0 Å². The van der Waals surface area contributed by atoms with E-state index >= 15 is 0 Å². The fourth-order valence-corrected chi connectivity index (χ4v) is 3.43. The van der Waals surface area contributed by atoms with Crippen LogP contribution in [-0.2, 0) is 4.74 Å². The Labute approximate surface area is 99.1 Å². The van der Waals surface area contributed by atoms with Gasteiger partial charge in [-0.25, -0.2) is 0 Å². The second kappa shape index (κ2) is 5.99. The molecule has 1 saturated heterocycles. The van der Waals surface area contributed by atoms with E-state index in [9.17, 15) is 0 Å². The number of nitrogens with one attached hydrogen (secondary N) is 1. The third kappa shape index (κ3) is 2.96. The van der Waals surface area contributed by atoms with Crippen LogP contribution in [0.5, 0.6) is 0 Å². The Morgan fingerprint density at radius 2 is 1.81 bits per heavy atom. The fourth-order valence-electron chi connectivity index (χ4n) is 3.43. The smallest absolute Gasteiger partial charge is 0.0551 e. The maximum Gasteiger partial charge on any atom is 0.0551 e. The van der Waals surface area contributed by atoms with Crippen molar-refractivity contribution in [1.29, 1.82) is 0 Å². The SMILES string of the molecule is CC1CC(C(NN)C2CCCCCC2)CO1. The normalized spacial score (nSPS) is 34.9. The minimum Gasteiger partial charge on any atom is -0.378 e. The van der Waals surface area contributed by atoms with Crippen molar-refractivity contribution in [2.75, 3.05) is 6.61 Å². The molecule has 3 atom stereocenters. The molecule has 1 heterocycles. The summed E-state index contributed by atoms with van der Waals surface area (Å²) in [5.74, 6) is 7.17. The van der Waals surface area contributed by atoms with E-state index in [1.807, 2.05) is 0 Å². The summed E-state index contributed by atoms with van der Waals surface area (Å²) in [5, 5.41) is 0. The number of rotatable bonds is 3. The van der Waals surface area contributed by atoms with E-state index in [0.29, 0.717) is 18.1 Å². The molecule has 3 N–H and O–H groups in total. The molecule has 0 aromatic heterocycles. The largest absolute Gasteiger partial charge is 0.378 e. The van der Waals surface area contributed by atoms with Crippen LogP contribution in [0, 0.1) is 11.8 Å². The molecular weight excluding hydrogens is 200 g/mol. The van der Waals surface area contributed by atoms with Gasteiger partial charge in [0.25, 0.3) is 0 Å². The molecule has 16 heavy (non-hydrogen) atoms. The highest BCUT2D eigenvalue weighted by molar-refractivity contribution is 4.86. The quantitative estimate of drug-likeness (QED) is 0.441. The zero-order valence-electron chi connectivity index (χ0n) is 10.5. The van der Waals surface area contributed by atoms with E-state index < -0.39 is 0 Å². The van der Waals surface area contributed by atoms with Crippen molar-refractivity contribution >= 4 is 0 Å². The molecular formula is C13H26N2O. The minimum absolute atomic E-state index is 0.423. The Bertz CT molecular complexity index is 202. The highest BCUT2D eigenvalue weighted by atomic mass is 16.5. The molecule has 3 unspecified atom stereocenters. The van der Waals surface area contributed by atoms with Gasteiger partial charge in [-0.05, 0) is 32.1 Å². The summed E-state index contributed by atoms with van der Waals surface area (Å²) < 4.78 is 5.67. The van der Waals surface area contributed by atoms with Crippen molar-refractivity contribution in [1.82, 2.24) is 5.43 Å². The summed E-state index contributed by atoms with van der Waals surface area (Å²) in [6.07, 6.45) is 9.87. The Morgan fingerprint density at radius 3 is 2.31 bits per heavy atom. The van der Waals surface area contributed by atoms with Gasteiger partial charge in [0.15, 0.2) is 0 Å². The first-order valence-corrected chi connectivity index (χ1v) is 6.89. The van der Waals surface area contributed by atoms with Crippen LogP contribution in [0.25, 0.3) is 0 Å². The first kappa shape index (κ1) is 12.3. The Hall–Kier alpha value is -0.120. The van der Waals surface area contributed by atoms with Gasteiger partial charge in [-0.3, -0.25) is 11.3 Å². The molecule has 0 radical (unpaired) electrons. The van der Waals surface area contributed by atoms with Gasteiger partial charge >= 0.3 is 0 Å². The maximum atomic E-state index is 5.77. The molecule has 1 aliphatic heterocycles. The second-order valence-corrected chi connectivity index (χ2v) is 5.58. The van der Waals surface area contributed by atoms with E-state index in [2.05, 4.69) is 12.3 Å². The van der Waals surface area contributed by atoms with E-state index in [1.165, 1.54) is 44.9 Å². The van der Waals surface area contributed by atoms with Gasteiger partial charge in [0, 0.05) is 12.0 Å². The van der Waals surface area contributed by atoms with Crippen molar-refractivity contribution in [3.8, 4) is 0 Å². The Kier molecular flexibility index (Phi) is 4.62. The molecule has 0 spiro atoms. The molecule has 1 aliphatic carbocycles. The standard InChI is InChI=1S/C13H26N2O/c1-10-8-12(9-16-10)13(15-14)11-6-4-2-3-5-7-11/h10-13,15H,2-9,14H2,1H3. The third-order valence-corrected chi connectivity index (χ3v) is 4.34. The molecule has 2 aliphatic rings. The van der Waals surface area contributed by atoms with E-state index in [0.717, 1.165) is 12.5 Å². The van der Waals surface area contributed by atoms with Crippen LogP contribution in [0.15, 0.2) is 0 Å². The summed E-state index contributed by atoms with van der Waals surface area (Å²) in [6, 6.07) is 0.475. The number of ether oxygens (including phenoxy) is 1. The molecule has 0 amide bonds. The number of hydrogen-bond donors (Lipinski definition) is 2. The average molecular weight is 226 g/mol. The minimum atomic E-state index is 0.423. The molecule has 94 valence electrons. The van der Waals surface area contributed by atoms with Crippen molar-refractivity contribution in [3.05, 3.63) is 0 Å². The van der Waals surface area contributed by atoms with E-state index in [-0.39, 0.29) is 0 Å². The summed E-state index contributed by atoms with van der Waals surface area (Å²) >= 11 is 0. The molecule has 0 aromatic rings. The van der Waals surface area contributed by atoms with Crippen molar-refractivity contribution in [2.45, 2.75) is 64.0 Å². The Morgan fingerprint density at radius 1 is 1.12 bits per heavy atom. The zero-order valence-corrected chi connectivity index (χ0v) is 10.5. The van der Waals surface area contributed by atoms with Gasteiger partial charge in [0.05, 0.1) is 12.7 Å². The van der Waals surface area contributed by atoms with Crippen LogP contribution >= 0.6 is 0 Å². The van der Waals surface area contributed by atoms with Crippen LogP contribution in [-0.4, -0.2) is 18.8 Å². The molecule has 3 heteroatoms. The van der Waals surface area contributed by atoms with Crippen LogP contribution in [0.2, 0.25) is 0 Å². The van der Waals surface area contributed by atoms with Gasteiger partial charge in [0.1, 0.15) is 0 Å². The van der Waals surface area contributed by atoms with Gasteiger partial charge in [-0.1, -0.05) is 25.7 Å². The maximum absolute atomic E-state index is 5.77. The lowest BCUT2D eigenvalue weighted by Crippen LogP contribution is -2.46. The van der Waals surface area contributed by atoms with E-state index in [4.69, 9.17) is 10.6 Å². The lowest BCUT2D eigenvalue weighted by atomic mass is 9.83. The predicted molar refractivity (Wildman–Crippen MR) is 65.8 cm³/mol. The molecule has 2 fully saturated rings. The fraction of sp³-hybridized carbons (Fsp3) is 1.00.